The monoisotopic (exact) mass is 406 g/mol. The van der Waals surface area contributed by atoms with E-state index >= 15 is 0 Å². The quantitative estimate of drug-likeness (QED) is 0.793. The lowest BCUT2D eigenvalue weighted by molar-refractivity contribution is -0.918. The van der Waals surface area contributed by atoms with Crippen molar-refractivity contribution in [1.82, 2.24) is 9.21 Å². The van der Waals surface area contributed by atoms with Gasteiger partial charge in [0, 0.05) is 18.5 Å². The van der Waals surface area contributed by atoms with Gasteiger partial charge in [-0.15, -0.1) is 0 Å². The first-order valence-corrected chi connectivity index (χ1v) is 11.8. The van der Waals surface area contributed by atoms with E-state index in [0.29, 0.717) is 26.2 Å². The molecule has 0 unspecified atom stereocenters. The van der Waals surface area contributed by atoms with Gasteiger partial charge in [-0.05, 0) is 31.4 Å². The van der Waals surface area contributed by atoms with Crippen LogP contribution >= 0.6 is 0 Å². The Morgan fingerprint density at radius 2 is 1.61 bits per heavy atom. The number of sulfonamides is 1. The summed E-state index contributed by atoms with van der Waals surface area (Å²) in [5.74, 6) is 0.220. The molecule has 1 aromatic carbocycles. The van der Waals surface area contributed by atoms with Gasteiger partial charge in [0.15, 0.2) is 6.04 Å². The predicted octanol–water partition coefficient (Wildman–Crippen LogP) is 0.979. The van der Waals surface area contributed by atoms with Gasteiger partial charge in [-0.3, -0.25) is 4.79 Å². The molecule has 6 nitrogen and oxygen atoms in total. The van der Waals surface area contributed by atoms with Crippen molar-refractivity contribution in [3.8, 4) is 0 Å². The molecule has 1 amide bonds. The van der Waals surface area contributed by atoms with Crippen molar-refractivity contribution >= 4 is 22.0 Å². The van der Waals surface area contributed by atoms with Crippen LogP contribution in [0.4, 0.5) is 0 Å². The number of nitrogens with one attached hydrogen (secondary N) is 1. The average Bonchev–Trinajstić information content (AvgIpc) is 3.02. The second kappa shape index (κ2) is 9.67. The zero-order valence-electron chi connectivity index (χ0n) is 16.7. The Balaban J connectivity index is 1.54. The molecule has 154 valence electrons. The van der Waals surface area contributed by atoms with Crippen LogP contribution in [0.15, 0.2) is 35.7 Å². The predicted molar refractivity (Wildman–Crippen MR) is 111 cm³/mol. The lowest BCUT2D eigenvalue weighted by Crippen LogP contribution is -3.19. The third-order valence-electron chi connectivity index (χ3n) is 5.86. The summed E-state index contributed by atoms with van der Waals surface area (Å²) in [6.45, 7) is 5.95. The van der Waals surface area contributed by atoms with Gasteiger partial charge in [0.1, 0.15) is 0 Å². The number of piperazine rings is 1. The van der Waals surface area contributed by atoms with Crippen molar-refractivity contribution in [1.29, 1.82) is 0 Å². The molecule has 28 heavy (non-hydrogen) atoms. The highest BCUT2D eigenvalue weighted by molar-refractivity contribution is 7.92. The minimum absolute atomic E-state index is 0.109. The lowest BCUT2D eigenvalue weighted by Gasteiger charge is -2.35. The summed E-state index contributed by atoms with van der Waals surface area (Å²) >= 11 is 0. The largest absolute Gasteiger partial charge is 0.338 e. The lowest BCUT2D eigenvalue weighted by atomic mass is 10.2. The van der Waals surface area contributed by atoms with Gasteiger partial charge in [-0.25, -0.2) is 8.42 Å². The van der Waals surface area contributed by atoms with E-state index < -0.39 is 10.0 Å². The summed E-state index contributed by atoms with van der Waals surface area (Å²) in [4.78, 5) is 16.0. The fourth-order valence-electron chi connectivity index (χ4n) is 4.02. The van der Waals surface area contributed by atoms with Crippen molar-refractivity contribution in [3.63, 3.8) is 0 Å². The van der Waals surface area contributed by atoms with Crippen molar-refractivity contribution in [3.05, 3.63) is 41.3 Å². The Hall–Kier alpha value is -1.70. The zero-order valence-corrected chi connectivity index (χ0v) is 17.5. The van der Waals surface area contributed by atoms with Gasteiger partial charge < -0.3 is 9.80 Å². The molecule has 0 aromatic heterocycles. The topological polar surface area (TPSA) is 62.1 Å². The molecular weight excluding hydrogens is 374 g/mol. The van der Waals surface area contributed by atoms with E-state index in [9.17, 15) is 13.2 Å². The maximum atomic E-state index is 12.8. The van der Waals surface area contributed by atoms with Crippen LogP contribution in [0.1, 0.15) is 38.2 Å². The molecule has 0 aliphatic carbocycles. The van der Waals surface area contributed by atoms with Gasteiger partial charge >= 0.3 is 0 Å². The van der Waals surface area contributed by atoms with E-state index in [0.717, 1.165) is 31.5 Å². The highest BCUT2D eigenvalue weighted by Gasteiger charge is 2.34. The first-order valence-electron chi connectivity index (χ1n) is 10.3. The van der Waals surface area contributed by atoms with Gasteiger partial charge in [0.2, 0.25) is 10.0 Å². The molecule has 0 radical (unpaired) electrons. The number of carbonyl (C=O) groups excluding carboxylic acids is 1. The van der Waals surface area contributed by atoms with E-state index in [1.807, 2.05) is 42.2 Å². The molecule has 2 aliphatic heterocycles. The average molecular weight is 407 g/mol. The molecule has 7 heteroatoms. The van der Waals surface area contributed by atoms with E-state index in [1.165, 1.54) is 27.5 Å². The molecular formula is C21H32N3O3S+. The molecule has 2 saturated heterocycles. The van der Waals surface area contributed by atoms with Gasteiger partial charge in [0.25, 0.3) is 5.91 Å². The summed E-state index contributed by atoms with van der Waals surface area (Å²) in [7, 11) is -3.43. The minimum atomic E-state index is -3.43. The third kappa shape index (κ3) is 5.43. The van der Waals surface area contributed by atoms with Crippen LogP contribution in [0.2, 0.25) is 0 Å². The van der Waals surface area contributed by atoms with Crippen LogP contribution in [0, 0.1) is 0 Å². The number of hydrogen-bond donors (Lipinski definition) is 1. The molecule has 2 aliphatic rings. The Morgan fingerprint density at radius 3 is 2.21 bits per heavy atom. The highest BCUT2D eigenvalue weighted by Crippen LogP contribution is 2.11. The molecule has 0 spiro atoms. The molecule has 1 N–H and O–H groups in total. The summed E-state index contributed by atoms with van der Waals surface area (Å²) < 4.78 is 26.7. The molecule has 0 bridgehead atoms. The smallest absolute Gasteiger partial charge is 0.280 e. The van der Waals surface area contributed by atoms with Crippen LogP contribution in [0.25, 0.3) is 6.08 Å². The first-order chi connectivity index (χ1) is 13.5. The SMILES string of the molecule is C[C@@H](C(=O)N1CCCCCC1)[NH+]1CCN(S(=O)(=O)/C=C/c2ccccc2)CC1. The molecule has 2 heterocycles. The van der Waals surface area contributed by atoms with Gasteiger partial charge in [0.05, 0.1) is 26.2 Å². The van der Waals surface area contributed by atoms with Gasteiger partial charge in [-0.2, -0.15) is 4.31 Å². The Bertz CT molecular complexity index is 763. The number of likely N-dealkylation sites (tertiary alicyclic amines) is 1. The number of amides is 1. The second-order valence-corrected chi connectivity index (χ2v) is 9.60. The standard InChI is InChI=1S/C21H31N3O3S/c1-19(21(25)23-12-7-2-3-8-13-23)22-14-16-24(17-15-22)28(26,27)18-11-20-9-5-4-6-10-20/h4-6,9-11,18-19H,2-3,7-8,12-17H2,1H3/p+1/b18-11+/t19-/m0/s1. The number of carbonyl (C=O) groups is 1. The van der Waals surface area contributed by atoms with Crippen molar-refractivity contribution < 1.29 is 18.1 Å². The van der Waals surface area contributed by atoms with E-state index in [-0.39, 0.29) is 11.9 Å². The number of hydrogen-bond acceptors (Lipinski definition) is 3. The first kappa shape index (κ1) is 21.0. The van der Waals surface area contributed by atoms with Crippen LogP contribution < -0.4 is 4.90 Å². The van der Waals surface area contributed by atoms with E-state index in [2.05, 4.69) is 0 Å². The fraction of sp³-hybridized carbons (Fsp3) is 0.571. The van der Waals surface area contributed by atoms with E-state index in [1.54, 1.807) is 6.08 Å². The number of rotatable bonds is 5. The van der Waals surface area contributed by atoms with Crippen LogP contribution in [0.3, 0.4) is 0 Å². The molecule has 2 fully saturated rings. The fourth-order valence-corrected chi connectivity index (χ4v) is 5.21. The normalized spacial score (nSPS) is 21.5. The molecule has 3 rings (SSSR count). The minimum Gasteiger partial charge on any atom is -0.338 e. The summed E-state index contributed by atoms with van der Waals surface area (Å²) in [5.41, 5.74) is 0.868. The highest BCUT2D eigenvalue weighted by atomic mass is 32.2. The third-order valence-corrected chi connectivity index (χ3v) is 7.42. The Kier molecular flexibility index (Phi) is 7.26. The maximum absolute atomic E-state index is 12.8. The van der Waals surface area contributed by atoms with Crippen LogP contribution in [-0.4, -0.2) is 68.8 Å². The van der Waals surface area contributed by atoms with Crippen molar-refractivity contribution in [2.24, 2.45) is 0 Å². The summed E-state index contributed by atoms with van der Waals surface area (Å²) in [6, 6.07) is 9.33. The summed E-state index contributed by atoms with van der Waals surface area (Å²) in [5, 5.41) is 1.29. The van der Waals surface area contributed by atoms with E-state index in [4.69, 9.17) is 0 Å². The Labute approximate surface area is 168 Å². The second-order valence-electron chi connectivity index (χ2n) is 7.78. The summed E-state index contributed by atoms with van der Waals surface area (Å²) in [6.07, 6.45) is 6.23. The Morgan fingerprint density at radius 1 is 1.00 bits per heavy atom. The molecule has 0 saturated carbocycles. The number of quaternary nitrogens is 1. The van der Waals surface area contributed by atoms with Crippen molar-refractivity contribution in [2.75, 3.05) is 39.3 Å². The van der Waals surface area contributed by atoms with Crippen molar-refractivity contribution in [2.45, 2.75) is 38.6 Å². The molecule has 1 aromatic rings. The molecule has 1 atom stereocenters. The maximum Gasteiger partial charge on any atom is 0.280 e. The number of benzene rings is 1. The number of nitrogens with zero attached hydrogens (tertiary/aromatic N) is 2. The zero-order chi connectivity index (χ0) is 20.0. The van der Waals surface area contributed by atoms with Crippen LogP contribution in [0.5, 0.6) is 0 Å². The van der Waals surface area contributed by atoms with Crippen LogP contribution in [-0.2, 0) is 14.8 Å². The van der Waals surface area contributed by atoms with Gasteiger partial charge in [-0.1, -0.05) is 43.2 Å².